The quantitative estimate of drug-likeness (QED) is 0.222. The highest BCUT2D eigenvalue weighted by Gasteiger charge is 2.24. The molecule has 224 valence electrons. The van der Waals surface area contributed by atoms with E-state index in [9.17, 15) is 37.1 Å². The van der Waals surface area contributed by atoms with Crippen molar-refractivity contribution in [3.8, 4) is 5.69 Å². The minimum Gasteiger partial charge on any atom is -0.480 e. The van der Waals surface area contributed by atoms with E-state index in [-0.39, 0.29) is 28.1 Å². The molecule has 13 nitrogen and oxygen atoms in total. The topological polar surface area (TPSA) is 182 Å². The lowest BCUT2D eigenvalue weighted by atomic mass is 10.0. The summed E-state index contributed by atoms with van der Waals surface area (Å²) in [6.07, 6.45) is 5.21. The largest absolute Gasteiger partial charge is 0.480 e. The Balaban J connectivity index is 1.32. The van der Waals surface area contributed by atoms with E-state index < -0.39 is 50.6 Å². The molecule has 1 amide bonds. The van der Waals surface area contributed by atoms with Gasteiger partial charge in [0.25, 0.3) is 21.5 Å². The van der Waals surface area contributed by atoms with Crippen molar-refractivity contribution in [2.45, 2.75) is 17.4 Å². The second-order valence-corrected chi connectivity index (χ2v) is 11.3. The summed E-state index contributed by atoms with van der Waals surface area (Å²) in [6, 6.07) is 11.5. The van der Waals surface area contributed by atoms with Crippen LogP contribution < -0.4 is 21.3 Å². The number of carbonyl (C=O) groups excluding carboxylic acids is 1. The second kappa shape index (κ2) is 11.9. The first-order valence-electron chi connectivity index (χ1n) is 12.9. The molecule has 1 atom stereocenters. The van der Waals surface area contributed by atoms with Crippen LogP contribution >= 0.6 is 0 Å². The number of hydrogen-bond donors (Lipinski definition) is 3. The first-order valence-corrected chi connectivity index (χ1v) is 14.4. The number of nitrogens with one attached hydrogen (secondary N) is 2. The summed E-state index contributed by atoms with van der Waals surface area (Å²) in [6.45, 7) is 0. The van der Waals surface area contributed by atoms with E-state index in [2.05, 4.69) is 20.0 Å². The molecule has 0 bridgehead atoms. The zero-order valence-corrected chi connectivity index (χ0v) is 23.7. The predicted octanol–water partition coefficient (Wildman–Crippen LogP) is 1.84. The first-order chi connectivity index (χ1) is 21.0. The van der Waals surface area contributed by atoms with E-state index in [1.807, 2.05) is 0 Å². The third-order valence-electron chi connectivity index (χ3n) is 6.74. The molecule has 5 aromatic rings. The maximum Gasteiger partial charge on any atom is 0.335 e. The minimum absolute atomic E-state index is 0.101. The molecule has 15 heteroatoms. The Bertz CT molecular complexity index is 2130. The Kier molecular flexibility index (Phi) is 8.05. The highest BCUT2D eigenvalue weighted by atomic mass is 32.2. The maximum absolute atomic E-state index is 14.8. The van der Waals surface area contributed by atoms with Crippen molar-refractivity contribution in [1.82, 2.24) is 24.4 Å². The summed E-state index contributed by atoms with van der Waals surface area (Å²) < 4.78 is 44.3. The Morgan fingerprint density at radius 3 is 2.32 bits per heavy atom. The van der Waals surface area contributed by atoms with Gasteiger partial charge in [0.05, 0.1) is 38.9 Å². The van der Waals surface area contributed by atoms with E-state index in [0.29, 0.717) is 11.1 Å². The molecule has 5 rings (SSSR count). The van der Waals surface area contributed by atoms with Gasteiger partial charge in [0.2, 0.25) is 0 Å². The van der Waals surface area contributed by atoms with Crippen LogP contribution in [0.2, 0.25) is 0 Å². The summed E-state index contributed by atoms with van der Waals surface area (Å²) >= 11 is 0. The number of carboxylic acid groups (broad SMARTS) is 1. The molecule has 0 saturated heterocycles. The van der Waals surface area contributed by atoms with Crippen molar-refractivity contribution in [3.05, 3.63) is 123 Å². The predicted molar refractivity (Wildman–Crippen MR) is 157 cm³/mol. The average Bonchev–Trinajstić information content (AvgIpc) is 3.00. The number of rotatable bonds is 9. The second-order valence-electron chi connectivity index (χ2n) is 9.59. The SMILES string of the molecule is Cn1c(=O)n(-c2ccc(CC(NC(=O)c3ccc(NS(=O)(=O)c4ccncc4)cc3F)C(=O)O)cc2)c(=O)c2ccncc21. The van der Waals surface area contributed by atoms with E-state index in [1.165, 1.54) is 84.9 Å². The maximum atomic E-state index is 14.8. The molecule has 3 heterocycles. The normalized spacial score (nSPS) is 12.0. The monoisotopic (exact) mass is 618 g/mol. The molecule has 2 aromatic carbocycles. The molecule has 0 fully saturated rings. The van der Waals surface area contributed by atoms with Crippen molar-refractivity contribution in [2.24, 2.45) is 7.05 Å². The highest BCUT2D eigenvalue weighted by Crippen LogP contribution is 2.19. The highest BCUT2D eigenvalue weighted by molar-refractivity contribution is 7.92. The van der Waals surface area contributed by atoms with Gasteiger partial charge in [0, 0.05) is 32.1 Å². The van der Waals surface area contributed by atoms with E-state index in [0.717, 1.165) is 16.7 Å². The number of fused-ring (bicyclic) bond motifs is 1. The van der Waals surface area contributed by atoms with Gasteiger partial charge in [-0.05, 0) is 54.1 Å². The Hall–Kier alpha value is -5.70. The number of aryl methyl sites for hydroxylation is 1. The lowest BCUT2D eigenvalue weighted by Gasteiger charge is -2.16. The molecule has 1 unspecified atom stereocenters. The molecule has 0 aliphatic heterocycles. The molecule has 44 heavy (non-hydrogen) atoms. The molecular weight excluding hydrogens is 595 g/mol. The van der Waals surface area contributed by atoms with Crippen molar-refractivity contribution in [3.63, 3.8) is 0 Å². The van der Waals surface area contributed by atoms with Crippen LogP contribution in [-0.4, -0.2) is 50.5 Å². The number of carboxylic acids is 1. The lowest BCUT2D eigenvalue weighted by Crippen LogP contribution is -2.42. The smallest absolute Gasteiger partial charge is 0.335 e. The van der Waals surface area contributed by atoms with Crippen molar-refractivity contribution in [1.29, 1.82) is 0 Å². The van der Waals surface area contributed by atoms with Gasteiger partial charge < -0.3 is 10.4 Å². The third kappa shape index (κ3) is 5.94. The summed E-state index contributed by atoms with van der Waals surface area (Å²) in [7, 11) is -2.53. The van der Waals surface area contributed by atoms with Gasteiger partial charge in [-0.2, -0.15) is 0 Å². The first kappa shape index (κ1) is 29.8. The number of hydrogen-bond acceptors (Lipinski definition) is 8. The Morgan fingerprint density at radius 2 is 1.66 bits per heavy atom. The molecule has 0 radical (unpaired) electrons. The van der Waals surface area contributed by atoms with Crippen LogP contribution in [0.4, 0.5) is 10.1 Å². The Morgan fingerprint density at radius 1 is 0.977 bits per heavy atom. The summed E-state index contributed by atoms with van der Waals surface area (Å²) in [5.74, 6) is -3.50. The van der Waals surface area contributed by atoms with Gasteiger partial charge >= 0.3 is 11.7 Å². The number of nitrogens with zero attached hydrogens (tertiary/aromatic N) is 4. The molecule has 3 aromatic heterocycles. The standard InChI is InChI=1S/C29H23FN6O7S/c1-35-25-16-32-13-10-22(25)27(38)36(29(35)41)19-5-2-17(3-6-19)14-24(28(39)40)33-26(37)21-7-4-18(15-23(21)30)34-44(42,43)20-8-11-31-12-9-20/h2-13,15-16,24,34H,14H2,1H3,(H,33,37)(H,39,40). The number of sulfonamides is 1. The zero-order valence-electron chi connectivity index (χ0n) is 22.8. The number of amides is 1. The Labute approximate surface area is 248 Å². The van der Waals surface area contributed by atoms with E-state index >= 15 is 0 Å². The number of benzene rings is 2. The zero-order chi connectivity index (χ0) is 31.6. The number of aliphatic carboxylic acids is 1. The number of pyridine rings is 2. The molecule has 0 aliphatic carbocycles. The number of aromatic nitrogens is 4. The van der Waals surface area contributed by atoms with Crippen LogP contribution in [0.15, 0.2) is 99.9 Å². The van der Waals surface area contributed by atoms with Crippen LogP contribution in [0.1, 0.15) is 15.9 Å². The summed E-state index contributed by atoms with van der Waals surface area (Å²) in [4.78, 5) is 58.3. The van der Waals surface area contributed by atoms with Gasteiger partial charge in [0.15, 0.2) is 0 Å². The third-order valence-corrected chi connectivity index (χ3v) is 8.13. The van der Waals surface area contributed by atoms with Crippen molar-refractivity contribution < 1.29 is 27.5 Å². The van der Waals surface area contributed by atoms with Crippen LogP contribution in [0.25, 0.3) is 16.6 Å². The van der Waals surface area contributed by atoms with Gasteiger partial charge in [-0.25, -0.2) is 27.0 Å². The summed E-state index contributed by atoms with van der Waals surface area (Å²) in [5.41, 5.74) is -0.742. The summed E-state index contributed by atoms with van der Waals surface area (Å²) in [5, 5.41) is 12.3. The van der Waals surface area contributed by atoms with Gasteiger partial charge in [0.1, 0.15) is 11.9 Å². The van der Waals surface area contributed by atoms with Crippen LogP contribution in [0.3, 0.4) is 0 Å². The van der Waals surface area contributed by atoms with Crippen molar-refractivity contribution in [2.75, 3.05) is 4.72 Å². The molecular formula is C29H23FN6O7S. The lowest BCUT2D eigenvalue weighted by molar-refractivity contribution is -0.139. The average molecular weight is 619 g/mol. The van der Waals surface area contributed by atoms with Crippen molar-refractivity contribution >= 4 is 38.5 Å². The van der Waals surface area contributed by atoms with E-state index in [4.69, 9.17) is 0 Å². The number of anilines is 1. The van der Waals surface area contributed by atoms with Crippen LogP contribution in [0, 0.1) is 5.82 Å². The fourth-order valence-electron chi connectivity index (χ4n) is 4.47. The number of halogens is 1. The van der Waals surface area contributed by atoms with Crippen LogP contribution in [0.5, 0.6) is 0 Å². The fourth-order valence-corrected chi connectivity index (χ4v) is 5.50. The number of carbonyl (C=O) groups is 2. The van der Waals surface area contributed by atoms with Gasteiger partial charge in [-0.15, -0.1) is 0 Å². The van der Waals surface area contributed by atoms with E-state index in [1.54, 1.807) is 0 Å². The minimum atomic E-state index is -4.04. The van der Waals surface area contributed by atoms with Gasteiger partial charge in [-0.3, -0.25) is 28.8 Å². The molecule has 0 aliphatic rings. The molecule has 0 saturated carbocycles. The molecule has 0 spiro atoms. The fraction of sp³-hybridized carbons (Fsp3) is 0.103. The van der Waals surface area contributed by atoms with Crippen LogP contribution in [-0.2, 0) is 28.3 Å². The molecule has 3 N–H and O–H groups in total. The van der Waals surface area contributed by atoms with Gasteiger partial charge in [-0.1, -0.05) is 12.1 Å².